The minimum atomic E-state index is -0.593. The standard InChI is InChI=1S/C15H23FN2O2/c1-4-5-6-9-15(2,3)11-17-13-8-7-12(16)10-14(13)18(19)20/h7-8,10,17H,4-6,9,11H2,1-3H3. The number of nitrogens with one attached hydrogen (secondary N) is 1. The van der Waals surface area contributed by atoms with Gasteiger partial charge in [-0.2, -0.15) is 0 Å². The van der Waals surface area contributed by atoms with Gasteiger partial charge in [-0.1, -0.05) is 40.0 Å². The van der Waals surface area contributed by atoms with Gasteiger partial charge in [0, 0.05) is 6.54 Å². The van der Waals surface area contributed by atoms with Crippen LogP contribution in [-0.2, 0) is 0 Å². The summed E-state index contributed by atoms with van der Waals surface area (Å²) in [5.74, 6) is -0.593. The molecule has 0 aromatic heterocycles. The van der Waals surface area contributed by atoms with Crippen LogP contribution >= 0.6 is 0 Å². The number of benzene rings is 1. The Hall–Kier alpha value is -1.65. The second-order valence-corrected chi connectivity index (χ2v) is 5.89. The van der Waals surface area contributed by atoms with Crippen molar-refractivity contribution >= 4 is 11.4 Å². The minimum Gasteiger partial charge on any atom is -0.379 e. The fourth-order valence-electron chi connectivity index (χ4n) is 2.08. The Labute approximate surface area is 119 Å². The summed E-state index contributed by atoms with van der Waals surface area (Å²) in [7, 11) is 0. The zero-order valence-electron chi connectivity index (χ0n) is 12.4. The van der Waals surface area contributed by atoms with Crippen molar-refractivity contribution < 1.29 is 9.31 Å². The summed E-state index contributed by atoms with van der Waals surface area (Å²) in [6, 6.07) is 3.61. The van der Waals surface area contributed by atoms with Crippen LogP contribution in [0.1, 0.15) is 46.5 Å². The Morgan fingerprint density at radius 2 is 2.05 bits per heavy atom. The van der Waals surface area contributed by atoms with E-state index in [2.05, 4.69) is 26.1 Å². The van der Waals surface area contributed by atoms with Crippen molar-refractivity contribution in [2.45, 2.75) is 46.5 Å². The zero-order chi connectivity index (χ0) is 15.2. The van der Waals surface area contributed by atoms with Gasteiger partial charge < -0.3 is 5.32 Å². The molecule has 0 radical (unpaired) electrons. The molecular weight excluding hydrogens is 259 g/mol. The third-order valence-corrected chi connectivity index (χ3v) is 3.37. The second kappa shape index (κ2) is 7.22. The van der Waals surface area contributed by atoms with Crippen LogP contribution in [-0.4, -0.2) is 11.5 Å². The molecule has 0 aliphatic heterocycles. The van der Waals surface area contributed by atoms with E-state index < -0.39 is 10.7 Å². The Bertz CT molecular complexity index is 461. The average Bonchev–Trinajstić information content (AvgIpc) is 2.37. The molecule has 1 aromatic carbocycles. The maximum Gasteiger partial charge on any atom is 0.295 e. The van der Waals surface area contributed by atoms with Gasteiger partial charge in [0.2, 0.25) is 0 Å². The highest BCUT2D eigenvalue weighted by atomic mass is 19.1. The lowest BCUT2D eigenvalue weighted by atomic mass is 9.87. The number of rotatable bonds is 8. The van der Waals surface area contributed by atoms with E-state index in [0.29, 0.717) is 12.2 Å². The van der Waals surface area contributed by atoms with E-state index in [1.54, 1.807) is 0 Å². The fraction of sp³-hybridized carbons (Fsp3) is 0.600. The van der Waals surface area contributed by atoms with Crippen molar-refractivity contribution in [2.75, 3.05) is 11.9 Å². The van der Waals surface area contributed by atoms with Gasteiger partial charge in [0.25, 0.3) is 5.69 Å². The van der Waals surface area contributed by atoms with Crippen LogP contribution < -0.4 is 5.32 Å². The van der Waals surface area contributed by atoms with Gasteiger partial charge >= 0.3 is 0 Å². The van der Waals surface area contributed by atoms with E-state index in [9.17, 15) is 14.5 Å². The topological polar surface area (TPSA) is 55.2 Å². The zero-order valence-corrected chi connectivity index (χ0v) is 12.4. The molecule has 0 unspecified atom stereocenters. The molecule has 0 saturated heterocycles. The number of nitro benzene ring substituents is 1. The normalized spacial score (nSPS) is 11.4. The van der Waals surface area contributed by atoms with Crippen molar-refractivity contribution in [1.29, 1.82) is 0 Å². The molecule has 0 aliphatic rings. The van der Waals surface area contributed by atoms with Crippen molar-refractivity contribution in [3.8, 4) is 0 Å². The smallest absolute Gasteiger partial charge is 0.295 e. The number of unbranched alkanes of at least 4 members (excludes halogenated alkanes) is 2. The van der Waals surface area contributed by atoms with Gasteiger partial charge in [0.05, 0.1) is 11.0 Å². The summed E-state index contributed by atoms with van der Waals surface area (Å²) in [5.41, 5.74) is 0.214. The summed E-state index contributed by atoms with van der Waals surface area (Å²) < 4.78 is 13.1. The number of anilines is 1. The Morgan fingerprint density at radius 1 is 1.35 bits per heavy atom. The van der Waals surface area contributed by atoms with Crippen molar-refractivity contribution in [3.63, 3.8) is 0 Å². The van der Waals surface area contributed by atoms with Crippen LogP contribution in [0.15, 0.2) is 18.2 Å². The first-order chi connectivity index (χ1) is 9.35. The molecule has 0 heterocycles. The third-order valence-electron chi connectivity index (χ3n) is 3.37. The highest BCUT2D eigenvalue weighted by molar-refractivity contribution is 5.61. The van der Waals surface area contributed by atoms with Crippen molar-refractivity contribution in [1.82, 2.24) is 0 Å². The first-order valence-corrected chi connectivity index (χ1v) is 7.03. The quantitative estimate of drug-likeness (QED) is 0.425. The Balaban J connectivity index is 2.67. The van der Waals surface area contributed by atoms with E-state index in [1.165, 1.54) is 25.0 Å². The number of hydrogen-bond acceptors (Lipinski definition) is 3. The maximum atomic E-state index is 13.1. The maximum absolute atomic E-state index is 13.1. The van der Waals surface area contributed by atoms with Gasteiger partial charge in [-0.3, -0.25) is 10.1 Å². The first kappa shape index (κ1) is 16.4. The Morgan fingerprint density at radius 3 is 2.65 bits per heavy atom. The molecule has 0 fully saturated rings. The summed E-state index contributed by atoms with van der Waals surface area (Å²) in [6.45, 7) is 7.05. The Kier molecular flexibility index (Phi) is 5.92. The van der Waals surface area contributed by atoms with E-state index in [-0.39, 0.29) is 11.1 Å². The largest absolute Gasteiger partial charge is 0.379 e. The molecule has 0 saturated carbocycles. The summed E-state index contributed by atoms with van der Waals surface area (Å²) in [6.07, 6.45) is 4.58. The predicted octanol–water partition coefficient (Wildman–Crippen LogP) is 4.75. The second-order valence-electron chi connectivity index (χ2n) is 5.89. The molecule has 20 heavy (non-hydrogen) atoms. The van der Waals surface area contributed by atoms with Crippen LogP contribution in [0.2, 0.25) is 0 Å². The molecule has 1 aromatic rings. The molecular formula is C15H23FN2O2. The van der Waals surface area contributed by atoms with Crippen LogP contribution in [0, 0.1) is 21.3 Å². The molecule has 1 rings (SSSR count). The van der Waals surface area contributed by atoms with E-state index >= 15 is 0 Å². The molecule has 0 spiro atoms. The van der Waals surface area contributed by atoms with Gasteiger partial charge in [0.1, 0.15) is 11.5 Å². The van der Waals surface area contributed by atoms with Gasteiger partial charge in [0.15, 0.2) is 0 Å². The van der Waals surface area contributed by atoms with E-state index in [0.717, 1.165) is 18.9 Å². The molecule has 0 aliphatic carbocycles. The predicted molar refractivity (Wildman–Crippen MR) is 79.5 cm³/mol. The number of hydrogen-bond donors (Lipinski definition) is 1. The van der Waals surface area contributed by atoms with Crippen LogP contribution in [0.5, 0.6) is 0 Å². The summed E-state index contributed by atoms with van der Waals surface area (Å²) in [4.78, 5) is 10.3. The average molecular weight is 282 g/mol. The van der Waals surface area contributed by atoms with E-state index in [1.807, 2.05) is 0 Å². The van der Waals surface area contributed by atoms with Crippen molar-refractivity contribution in [3.05, 3.63) is 34.1 Å². The van der Waals surface area contributed by atoms with Gasteiger partial charge in [-0.25, -0.2) is 4.39 Å². The molecule has 5 heteroatoms. The lowest BCUT2D eigenvalue weighted by Gasteiger charge is -2.25. The molecule has 112 valence electrons. The summed E-state index contributed by atoms with van der Waals surface area (Å²) >= 11 is 0. The number of nitro groups is 1. The molecule has 4 nitrogen and oxygen atoms in total. The monoisotopic (exact) mass is 282 g/mol. The van der Waals surface area contributed by atoms with Crippen molar-refractivity contribution in [2.24, 2.45) is 5.41 Å². The number of halogens is 1. The highest BCUT2D eigenvalue weighted by Gasteiger charge is 2.20. The third kappa shape index (κ3) is 5.15. The molecule has 1 N–H and O–H groups in total. The summed E-state index contributed by atoms with van der Waals surface area (Å²) in [5, 5.41) is 14.0. The fourth-order valence-corrected chi connectivity index (χ4v) is 2.08. The number of nitrogens with zero attached hydrogens (tertiary/aromatic N) is 1. The van der Waals surface area contributed by atoms with E-state index in [4.69, 9.17) is 0 Å². The lowest BCUT2D eigenvalue weighted by Crippen LogP contribution is -2.23. The molecule has 0 amide bonds. The highest BCUT2D eigenvalue weighted by Crippen LogP contribution is 2.28. The van der Waals surface area contributed by atoms with Crippen LogP contribution in [0.25, 0.3) is 0 Å². The van der Waals surface area contributed by atoms with Gasteiger partial charge in [-0.15, -0.1) is 0 Å². The van der Waals surface area contributed by atoms with Crippen LogP contribution in [0.4, 0.5) is 15.8 Å². The lowest BCUT2D eigenvalue weighted by molar-refractivity contribution is -0.384. The molecule has 0 atom stereocenters. The van der Waals surface area contributed by atoms with Crippen LogP contribution in [0.3, 0.4) is 0 Å². The minimum absolute atomic E-state index is 0.0530. The molecule has 0 bridgehead atoms. The first-order valence-electron chi connectivity index (χ1n) is 7.03. The van der Waals surface area contributed by atoms with Gasteiger partial charge in [-0.05, 0) is 24.0 Å². The SMILES string of the molecule is CCCCCC(C)(C)CNc1ccc(F)cc1[N+](=O)[O-].